The standard InChI is InChI=1S/C28H31NO4/c1-3-32-27(30)28(16-4-17-28)19-22-7-12-25(13-8-22)33-18-15-21-5-9-23(10-6-21)24-11-14-26(31-2)29-20-24/h5-14,20H,3-4,15-19H2,1-2H3. The maximum absolute atomic E-state index is 12.4. The van der Waals surface area contributed by atoms with E-state index in [0.717, 1.165) is 54.5 Å². The fourth-order valence-corrected chi connectivity index (χ4v) is 4.26. The van der Waals surface area contributed by atoms with E-state index in [1.54, 1.807) is 7.11 Å². The molecule has 1 aliphatic rings. The largest absolute Gasteiger partial charge is 0.493 e. The van der Waals surface area contributed by atoms with Crippen molar-refractivity contribution in [1.82, 2.24) is 4.98 Å². The molecule has 0 aliphatic heterocycles. The number of carbonyl (C=O) groups is 1. The number of esters is 1. The minimum absolute atomic E-state index is 0.0501. The van der Waals surface area contributed by atoms with Crippen LogP contribution in [0.4, 0.5) is 0 Å². The lowest BCUT2D eigenvalue weighted by Crippen LogP contribution is -2.41. The summed E-state index contributed by atoms with van der Waals surface area (Å²) >= 11 is 0. The predicted molar refractivity (Wildman–Crippen MR) is 128 cm³/mol. The second-order valence-electron chi connectivity index (χ2n) is 8.56. The average Bonchev–Trinajstić information content (AvgIpc) is 2.83. The first-order valence-electron chi connectivity index (χ1n) is 11.6. The molecule has 4 rings (SSSR count). The van der Waals surface area contributed by atoms with Crippen LogP contribution in [0.1, 0.15) is 37.3 Å². The Morgan fingerprint density at radius 2 is 1.64 bits per heavy atom. The van der Waals surface area contributed by atoms with Crippen LogP contribution in [0.2, 0.25) is 0 Å². The number of methoxy groups -OCH3 is 1. The fourth-order valence-electron chi connectivity index (χ4n) is 4.26. The molecule has 0 radical (unpaired) electrons. The van der Waals surface area contributed by atoms with E-state index in [9.17, 15) is 4.79 Å². The predicted octanol–water partition coefficient (Wildman–Crippen LogP) is 5.65. The molecule has 0 atom stereocenters. The van der Waals surface area contributed by atoms with Gasteiger partial charge in [-0.15, -0.1) is 0 Å². The summed E-state index contributed by atoms with van der Waals surface area (Å²) in [6.07, 6.45) is 6.31. The SMILES string of the molecule is CCOC(=O)C1(Cc2ccc(OCCc3ccc(-c4ccc(OC)nc4)cc3)cc2)CCC1. The van der Waals surface area contributed by atoms with E-state index in [1.165, 1.54) is 5.56 Å². The maximum atomic E-state index is 12.4. The van der Waals surface area contributed by atoms with Crippen LogP contribution in [-0.2, 0) is 22.4 Å². The lowest BCUT2D eigenvalue weighted by atomic mass is 9.65. The Morgan fingerprint density at radius 1 is 0.939 bits per heavy atom. The smallest absolute Gasteiger partial charge is 0.312 e. The molecule has 33 heavy (non-hydrogen) atoms. The van der Waals surface area contributed by atoms with Gasteiger partial charge in [0.2, 0.25) is 5.88 Å². The van der Waals surface area contributed by atoms with Gasteiger partial charge in [0.1, 0.15) is 5.75 Å². The Balaban J connectivity index is 1.27. The quantitative estimate of drug-likeness (QED) is 0.377. The van der Waals surface area contributed by atoms with Crippen LogP contribution >= 0.6 is 0 Å². The molecule has 172 valence electrons. The molecule has 2 aromatic carbocycles. The Hall–Kier alpha value is -3.34. The molecule has 0 unspecified atom stereocenters. The first-order chi connectivity index (χ1) is 16.1. The second kappa shape index (κ2) is 10.5. The summed E-state index contributed by atoms with van der Waals surface area (Å²) in [7, 11) is 1.61. The van der Waals surface area contributed by atoms with Crippen LogP contribution in [0.15, 0.2) is 66.9 Å². The summed E-state index contributed by atoms with van der Waals surface area (Å²) in [4.78, 5) is 16.6. The molecule has 0 N–H and O–H groups in total. The molecule has 1 aliphatic carbocycles. The number of benzene rings is 2. The maximum Gasteiger partial charge on any atom is 0.312 e. The van der Waals surface area contributed by atoms with Crippen molar-refractivity contribution in [2.75, 3.05) is 20.3 Å². The summed E-state index contributed by atoms with van der Waals surface area (Å²) in [6, 6.07) is 20.4. The minimum Gasteiger partial charge on any atom is -0.493 e. The van der Waals surface area contributed by atoms with Gasteiger partial charge in [-0.3, -0.25) is 4.79 Å². The zero-order valence-corrected chi connectivity index (χ0v) is 19.4. The molecule has 5 nitrogen and oxygen atoms in total. The highest BCUT2D eigenvalue weighted by Crippen LogP contribution is 2.45. The Kier molecular flexibility index (Phi) is 7.28. The first kappa shape index (κ1) is 22.8. The van der Waals surface area contributed by atoms with Crippen molar-refractivity contribution in [2.45, 2.75) is 39.0 Å². The number of nitrogens with zero attached hydrogens (tertiary/aromatic N) is 1. The molecule has 5 heteroatoms. The van der Waals surface area contributed by atoms with Gasteiger partial charge in [-0.2, -0.15) is 0 Å². The van der Waals surface area contributed by atoms with Gasteiger partial charge < -0.3 is 14.2 Å². The van der Waals surface area contributed by atoms with Gasteiger partial charge in [0, 0.05) is 24.2 Å². The Labute approximate surface area is 195 Å². The van der Waals surface area contributed by atoms with E-state index in [0.29, 0.717) is 19.1 Å². The van der Waals surface area contributed by atoms with Crippen LogP contribution < -0.4 is 9.47 Å². The van der Waals surface area contributed by atoms with E-state index >= 15 is 0 Å². The van der Waals surface area contributed by atoms with Crippen LogP contribution in [-0.4, -0.2) is 31.3 Å². The van der Waals surface area contributed by atoms with Crippen molar-refractivity contribution in [3.8, 4) is 22.8 Å². The number of hydrogen-bond donors (Lipinski definition) is 0. The third-order valence-electron chi connectivity index (χ3n) is 6.38. The summed E-state index contributed by atoms with van der Waals surface area (Å²) < 4.78 is 16.4. The Bertz CT molecular complexity index is 1040. The van der Waals surface area contributed by atoms with E-state index in [2.05, 4.69) is 41.4 Å². The number of rotatable bonds is 10. The highest BCUT2D eigenvalue weighted by Gasteiger charge is 2.45. The molecule has 1 heterocycles. The van der Waals surface area contributed by atoms with E-state index in [4.69, 9.17) is 14.2 Å². The average molecular weight is 446 g/mol. The van der Waals surface area contributed by atoms with Crippen LogP contribution in [0, 0.1) is 5.41 Å². The molecule has 0 spiro atoms. The van der Waals surface area contributed by atoms with E-state index in [-0.39, 0.29) is 11.4 Å². The number of aromatic nitrogens is 1. The van der Waals surface area contributed by atoms with E-state index < -0.39 is 0 Å². The summed E-state index contributed by atoms with van der Waals surface area (Å²) in [6.45, 7) is 2.91. The van der Waals surface area contributed by atoms with Crippen LogP contribution in [0.5, 0.6) is 11.6 Å². The van der Waals surface area contributed by atoms with Gasteiger partial charge in [0.05, 0.1) is 25.7 Å². The van der Waals surface area contributed by atoms with Gasteiger partial charge in [-0.05, 0) is 61.1 Å². The minimum atomic E-state index is -0.327. The Morgan fingerprint density at radius 3 is 2.21 bits per heavy atom. The highest BCUT2D eigenvalue weighted by atomic mass is 16.5. The highest BCUT2D eigenvalue weighted by molar-refractivity contribution is 5.78. The number of pyridine rings is 1. The summed E-state index contributed by atoms with van der Waals surface area (Å²) in [5.74, 6) is 1.41. The van der Waals surface area contributed by atoms with Crippen molar-refractivity contribution in [3.63, 3.8) is 0 Å². The topological polar surface area (TPSA) is 57.7 Å². The zero-order chi connectivity index (χ0) is 23.1. The second-order valence-corrected chi connectivity index (χ2v) is 8.56. The van der Waals surface area contributed by atoms with Crippen LogP contribution in [0.25, 0.3) is 11.1 Å². The monoisotopic (exact) mass is 445 g/mol. The van der Waals surface area contributed by atoms with Crippen LogP contribution in [0.3, 0.4) is 0 Å². The van der Waals surface area contributed by atoms with Gasteiger partial charge >= 0.3 is 5.97 Å². The van der Waals surface area contributed by atoms with Crippen molar-refractivity contribution in [2.24, 2.45) is 5.41 Å². The number of carbonyl (C=O) groups excluding carboxylic acids is 1. The van der Waals surface area contributed by atoms with Crippen molar-refractivity contribution >= 4 is 5.97 Å². The summed E-state index contributed by atoms with van der Waals surface area (Å²) in [5.41, 5.74) is 4.23. The van der Waals surface area contributed by atoms with Gasteiger partial charge in [0.15, 0.2) is 0 Å². The lowest BCUT2D eigenvalue weighted by molar-refractivity contribution is -0.161. The van der Waals surface area contributed by atoms with Gasteiger partial charge in [0.25, 0.3) is 0 Å². The third kappa shape index (κ3) is 5.54. The van der Waals surface area contributed by atoms with Gasteiger partial charge in [-0.25, -0.2) is 4.98 Å². The number of hydrogen-bond acceptors (Lipinski definition) is 5. The normalized spacial score (nSPS) is 14.2. The molecular weight excluding hydrogens is 414 g/mol. The molecular formula is C28H31NO4. The molecule has 0 saturated heterocycles. The van der Waals surface area contributed by atoms with E-state index in [1.807, 2.05) is 37.4 Å². The first-order valence-corrected chi connectivity index (χ1v) is 11.6. The molecule has 0 amide bonds. The van der Waals surface area contributed by atoms with Crippen molar-refractivity contribution in [3.05, 3.63) is 78.0 Å². The zero-order valence-electron chi connectivity index (χ0n) is 19.4. The third-order valence-corrected chi connectivity index (χ3v) is 6.38. The summed E-state index contributed by atoms with van der Waals surface area (Å²) in [5, 5.41) is 0. The fraction of sp³-hybridized carbons (Fsp3) is 0.357. The molecule has 1 aromatic heterocycles. The molecule has 0 bridgehead atoms. The van der Waals surface area contributed by atoms with Crippen molar-refractivity contribution in [1.29, 1.82) is 0 Å². The molecule has 1 fully saturated rings. The lowest BCUT2D eigenvalue weighted by Gasteiger charge is -2.39. The molecule has 3 aromatic rings. The van der Waals surface area contributed by atoms with Gasteiger partial charge in [-0.1, -0.05) is 42.8 Å². The molecule has 1 saturated carbocycles. The number of ether oxygens (including phenoxy) is 3. The van der Waals surface area contributed by atoms with Crippen molar-refractivity contribution < 1.29 is 19.0 Å².